The molecule has 52 valence electrons. The molecule has 1 saturated carbocycles. The normalized spacial score (nSPS) is 47.0. The summed E-state index contributed by atoms with van der Waals surface area (Å²) < 4.78 is 0. The summed E-state index contributed by atoms with van der Waals surface area (Å²) in [7, 11) is 0. The highest BCUT2D eigenvalue weighted by Crippen LogP contribution is 2.61. The third-order valence-corrected chi connectivity index (χ3v) is 3.09. The fourth-order valence-electron chi connectivity index (χ4n) is 2.10. The van der Waals surface area contributed by atoms with Gasteiger partial charge in [0, 0.05) is 0 Å². The number of nitrogens with zero attached hydrogens (tertiary/aromatic N) is 1. The van der Waals surface area contributed by atoms with E-state index >= 15 is 0 Å². The molecule has 2 rings (SSSR count). The van der Waals surface area contributed by atoms with Crippen LogP contribution in [0.25, 0.3) is 0 Å². The Morgan fingerprint density at radius 2 is 1.78 bits per heavy atom. The smallest absolute Gasteiger partial charge is 0.0107 e. The van der Waals surface area contributed by atoms with E-state index in [1.807, 2.05) is 0 Å². The Kier molecular flexibility index (Phi) is 0.837. The summed E-state index contributed by atoms with van der Waals surface area (Å²) in [6.45, 7) is 6.10. The molecule has 0 amide bonds. The molecule has 1 aliphatic heterocycles. The van der Waals surface area contributed by atoms with Crippen LogP contribution in [0.4, 0.5) is 0 Å². The molecule has 2 aliphatic rings. The molecule has 0 aromatic rings. The van der Waals surface area contributed by atoms with Gasteiger partial charge in [-0.05, 0) is 30.3 Å². The van der Waals surface area contributed by atoms with Crippen molar-refractivity contribution in [3.63, 3.8) is 0 Å². The Hall–Kier alpha value is -0.0800. The highest BCUT2D eigenvalue weighted by Gasteiger charge is 2.60. The van der Waals surface area contributed by atoms with Crippen molar-refractivity contribution >= 4 is 0 Å². The van der Waals surface area contributed by atoms with E-state index in [-0.39, 0.29) is 0 Å². The molecule has 2 nitrogen and oxygen atoms in total. The van der Waals surface area contributed by atoms with Crippen molar-refractivity contribution in [3.8, 4) is 0 Å². The number of rotatable bonds is 0. The molecule has 1 saturated heterocycles. The van der Waals surface area contributed by atoms with Crippen LogP contribution >= 0.6 is 0 Å². The highest BCUT2D eigenvalue weighted by atomic mass is 16.5. The Labute approximate surface area is 55.4 Å². The van der Waals surface area contributed by atoms with E-state index in [9.17, 15) is 5.21 Å². The lowest BCUT2D eigenvalue weighted by Gasteiger charge is -2.26. The maximum absolute atomic E-state index is 10.7. The van der Waals surface area contributed by atoms with Gasteiger partial charge in [0.1, 0.15) is 0 Å². The van der Waals surface area contributed by atoms with Gasteiger partial charge in [0.2, 0.25) is 0 Å². The van der Waals surface area contributed by atoms with Gasteiger partial charge in [-0.25, -0.2) is 0 Å². The van der Waals surface area contributed by atoms with Gasteiger partial charge in [0.15, 0.2) is 0 Å². The molecule has 2 unspecified atom stereocenters. The van der Waals surface area contributed by atoms with Crippen molar-refractivity contribution in [1.29, 1.82) is 0 Å². The van der Waals surface area contributed by atoms with E-state index in [1.54, 1.807) is 0 Å². The number of fused-ring (bicyclic) bond motifs is 1. The molecular formula is C7H12NO-. The summed E-state index contributed by atoms with van der Waals surface area (Å²) in [5.74, 6) is 1.44. The summed E-state index contributed by atoms with van der Waals surface area (Å²) in [6.07, 6.45) is 0. The summed E-state index contributed by atoms with van der Waals surface area (Å²) in [6, 6.07) is 0. The molecule has 1 heterocycles. The van der Waals surface area contributed by atoms with Gasteiger partial charge in [-0.15, -0.1) is 0 Å². The maximum atomic E-state index is 10.7. The van der Waals surface area contributed by atoms with Crippen LogP contribution in [0, 0.1) is 22.5 Å². The van der Waals surface area contributed by atoms with Gasteiger partial charge in [-0.1, -0.05) is 13.8 Å². The lowest BCUT2D eigenvalue weighted by Crippen LogP contribution is -2.19. The van der Waals surface area contributed by atoms with Crippen molar-refractivity contribution in [2.75, 3.05) is 13.1 Å². The second kappa shape index (κ2) is 1.32. The number of hydroxylamine groups is 2. The molecule has 1 aliphatic carbocycles. The summed E-state index contributed by atoms with van der Waals surface area (Å²) in [5, 5.41) is 11.9. The molecule has 9 heavy (non-hydrogen) atoms. The standard InChI is InChI=1S/C7H12NO/c1-7(2)5-3-8(9)4-6(5)7/h5-6H,3-4H2,1-2H3/q-1. The molecule has 2 fully saturated rings. The Morgan fingerprint density at radius 1 is 1.33 bits per heavy atom. The zero-order valence-electron chi connectivity index (χ0n) is 5.92. The van der Waals surface area contributed by atoms with Gasteiger partial charge in [-0.3, -0.25) is 0 Å². The quantitative estimate of drug-likeness (QED) is 0.485. The molecule has 0 bridgehead atoms. The first-order valence-corrected chi connectivity index (χ1v) is 3.54. The second-order valence-corrected chi connectivity index (χ2v) is 3.88. The van der Waals surface area contributed by atoms with Crippen LogP contribution in [-0.2, 0) is 0 Å². The summed E-state index contributed by atoms with van der Waals surface area (Å²) in [5.41, 5.74) is 0.501. The largest absolute Gasteiger partial charge is 0.785 e. The average molecular weight is 126 g/mol. The molecule has 0 N–H and O–H groups in total. The van der Waals surface area contributed by atoms with Gasteiger partial charge >= 0.3 is 0 Å². The lowest BCUT2D eigenvalue weighted by atomic mass is 10.1. The minimum atomic E-state index is 0.501. The summed E-state index contributed by atoms with van der Waals surface area (Å²) in [4.78, 5) is 0. The summed E-state index contributed by atoms with van der Waals surface area (Å²) >= 11 is 0. The number of hydrogen-bond acceptors (Lipinski definition) is 2. The van der Waals surface area contributed by atoms with Crippen LogP contribution in [0.2, 0.25) is 0 Å². The third kappa shape index (κ3) is 0.578. The zero-order chi connectivity index (χ0) is 6.65. The van der Waals surface area contributed by atoms with Crippen molar-refractivity contribution in [2.45, 2.75) is 13.8 Å². The third-order valence-electron chi connectivity index (χ3n) is 3.09. The van der Waals surface area contributed by atoms with E-state index in [4.69, 9.17) is 0 Å². The van der Waals surface area contributed by atoms with Crippen LogP contribution in [0.5, 0.6) is 0 Å². The molecular weight excluding hydrogens is 114 g/mol. The van der Waals surface area contributed by atoms with Crippen molar-refractivity contribution in [1.82, 2.24) is 5.06 Å². The first-order valence-electron chi connectivity index (χ1n) is 3.54. The molecule has 0 radical (unpaired) electrons. The first kappa shape index (κ1) is 5.69. The Bertz CT molecular complexity index is 130. The zero-order valence-corrected chi connectivity index (χ0v) is 5.92. The molecule has 0 aromatic heterocycles. The fraction of sp³-hybridized carbons (Fsp3) is 1.00. The number of piperidine rings is 1. The molecule has 0 aromatic carbocycles. The van der Waals surface area contributed by atoms with Crippen molar-refractivity contribution < 1.29 is 0 Å². The van der Waals surface area contributed by atoms with E-state index in [0.29, 0.717) is 5.41 Å². The Morgan fingerprint density at radius 3 is 2.11 bits per heavy atom. The van der Waals surface area contributed by atoms with E-state index in [2.05, 4.69) is 13.8 Å². The van der Waals surface area contributed by atoms with Gasteiger partial charge in [-0.2, -0.15) is 0 Å². The predicted octanol–water partition coefficient (Wildman–Crippen LogP) is 1.07. The highest BCUT2D eigenvalue weighted by molar-refractivity contribution is 5.11. The minimum absolute atomic E-state index is 0.501. The van der Waals surface area contributed by atoms with Crippen LogP contribution in [0.1, 0.15) is 13.8 Å². The topological polar surface area (TPSA) is 26.3 Å². The SMILES string of the molecule is CC1(C)C2CN([O-])CC21. The first-order chi connectivity index (χ1) is 4.12. The van der Waals surface area contributed by atoms with E-state index in [1.165, 1.54) is 5.06 Å². The van der Waals surface area contributed by atoms with Gasteiger partial charge < -0.3 is 10.3 Å². The van der Waals surface area contributed by atoms with Gasteiger partial charge in [0.05, 0.1) is 0 Å². The van der Waals surface area contributed by atoms with Crippen molar-refractivity contribution in [3.05, 3.63) is 5.21 Å². The van der Waals surface area contributed by atoms with E-state index < -0.39 is 0 Å². The van der Waals surface area contributed by atoms with Gasteiger partial charge in [0.25, 0.3) is 0 Å². The van der Waals surface area contributed by atoms with E-state index in [0.717, 1.165) is 24.9 Å². The van der Waals surface area contributed by atoms with Crippen LogP contribution in [0.15, 0.2) is 0 Å². The molecule has 2 atom stereocenters. The van der Waals surface area contributed by atoms with Crippen LogP contribution < -0.4 is 0 Å². The maximum Gasteiger partial charge on any atom is -0.0107 e. The second-order valence-electron chi connectivity index (χ2n) is 3.88. The Balaban J connectivity index is 2.06. The molecule has 0 spiro atoms. The average Bonchev–Trinajstić information content (AvgIpc) is 2.27. The van der Waals surface area contributed by atoms with Crippen LogP contribution in [-0.4, -0.2) is 18.2 Å². The van der Waals surface area contributed by atoms with Crippen LogP contribution in [0.3, 0.4) is 0 Å². The lowest BCUT2D eigenvalue weighted by molar-refractivity contribution is 0.336. The molecule has 2 heteroatoms. The number of hydrogen-bond donors (Lipinski definition) is 0. The van der Waals surface area contributed by atoms with Crippen molar-refractivity contribution in [2.24, 2.45) is 17.3 Å². The minimum Gasteiger partial charge on any atom is -0.785 e. The fourth-order valence-corrected chi connectivity index (χ4v) is 2.10. The monoisotopic (exact) mass is 126 g/mol. The predicted molar refractivity (Wildman–Crippen MR) is 35.7 cm³/mol.